The molecule has 3 rings (SSSR count). The van der Waals surface area contributed by atoms with Crippen LogP contribution < -0.4 is 11.2 Å². The van der Waals surface area contributed by atoms with Gasteiger partial charge in [-0.3, -0.25) is 24.2 Å². The van der Waals surface area contributed by atoms with Crippen molar-refractivity contribution < 1.29 is 35.6 Å². The molecular formula is C20H18N2O8S2. The highest BCUT2D eigenvalue weighted by molar-refractivity contribution is 7.86. The molecule has 0 aliphatic rings. The van der Waals surface area contributed by atoms with E-state index in [9.17, 15) is 30.7 Å². The molecule has 0 bridgehead atoms. The second-order valence-electron chi connectivity index (χ2n) is 6.67. The van der Waals surface area contributed by atoms with Crippen LogP contribution in [0.25, 0.3) is 11.1 Å². The van der Waals surface area contributed by atoms with Crippen LogP contribution in [0.4, 0.5) is 11.4 Å². The summed E-state index contributed by atoms with van der Waals surface area (Å²) < 4.78 is 66.7. The molecular weight excluding hydrogens is 460 g/mol. The number of hydrogen-bond acceptors (Lipinski definition) is 8. The molecule has 0 spiro atoms. The highest BCUT2D eigenvalue weighted by Gasteiger charge is 2.23. The first-order valence-electron chi connectivity index (χ1n) is 8.90. The highest BCUT2D eigenvalue weighted by Crippen LogP contribution is 2.35. The molecule has 0 unspecified atom stereocenters. The quantitative estimate of drug-likeness (QED) is 0.163. The Hall–Kier alpha value is -3.29. The van der Waals surface area contributed by atoms with Gasteiger partial charge in [-0.1, -0.05) is 36.4 Å². The van der Waals surface area contributed by atoms with Crippen LogP contribution in [0.2, 0.25) is 0 Å². The normalized spacial score (nSPS) is 11.8. The SMILES string of the molecule is Nc1ccc(-c2ccc(NOCc3ccc(C=O)cc3)cc2S(=O)(=O)O)c(S(=O)(=O)O)c1. The van der Waals surface area contributed by atoms with Gasteiger partial charge in [-0.15, -0.1) is 0 Å². The Balaban J connectivity index is 1.93. The van der Waals surface area contributed by atoms with E-state index in [1.165, 1.54) is 24.3 Å². The monoisotopic (exact) mass is 478 g/mol. The summed E-state index contributed by atoms with van der Waals surface area (Å²) in [5.41, 5.74) is 9.19. The lowest BCUT2D eigenvalue weighted by molar-refractivity contribution is 0.112. The Morgan fingerprint density at radius 2 is 1.41 bits per heavy atom. The van der Waals surface area contributed by atoms with Crippen LogP contribution in [-0.4, -0.2) is 32.2 Å². The molecule has 0 aromatic heterocycles. The minimum Gasteiger partial charge on any atom is -0.399 e. The van der Waals surface area contributed by atoms with Crippen molar-refractivity contribution in [2.75, 3.05) is 11.2 Å². The molecule has 0 saturated heterocycles. The summed E-state index contributed by atoms with van der Waals surface area (Å²) >= 11 is 0. The first-order valence-corrected chi connectivity index (χ1v) is 11.8. The molecule has 0 amide bonds. The van der Waals surface area contributed by atoms with E-state index in [1.54, 1.807) is 24.3 Å². The number of carbonyl (C=O) groups excluding carboxylic acids is 1. The molecule has 168 valence electrons. The number of anilines is 2. The molecule has 0 radical (unpaired) electrons. The number of aldehydes is 1. The van der Waals surface area contributed by atoms with Crippen molar-refractivity contribution in [2.24, 2.45) is 0 Å². The van der Waals surface area contributed by atoms with Crippen molar-refractivity contribution in [3.05, 3.63) is 71.8 Å². The van der Waals surface area contributed by atoms with E-state index in [-0.39, 0.29) is 29.1 Å². The van der Waals surface area contributed by atoms with Gasteiger partial charge in [-0.2, -0.15) is 16.8 Å². The number of nitrogens with two attached hydrogens (primary N) is 1. The summed E-state index contributed by atoms with van der Waals surface area (Å²) in [5.74, 6) is 0. The Kier molecular flexibility index (Phi) is 6.62. The van der Waals surface area contributed by atoms with E-state index in [2.05, 4.69) is 5.48 Å². The summed E-state index contributed by atoms with van der Waals surface area (Å²) in [7, 11) is -9.54. The number of nitrogen functional groups attached to an aromatic ring is 1. The van der Waals surface area contributed by atoms with E-state index >= 15 is 0 Å². The maximum absolute atomic E-state index is 12.0. The van der Waals surface area contributed by atoms with E-state index in [0.29, 0.717) is 11.8 Å². The summed E-state index contributed by atoms with van der Waals surface area (Å²) in [6, 6.07) is 13.8. The lowest BCUT2D eigenvalue weighted by Crippen LogP contribution is -2.07. The van der Waals surface area contributed by atoms with E-state index in [0.717, 1.165) is 17.7 Å². The van der Waals surface area contributed by atoms with Gasteiger partial charge in [0.25, 0.3) is 20.2 Å². The number of hydrogen-bond donors (Lipinski definition) is 4. The smallest absolute Gasteiger partial charge is 0.295 e. The van der Waals surface area contributed by atoms with Crippen LogP contribution in [0.5, 0.6) is 0 Å². The molecule has 0 aliphatic heterocycles. The molecule has 0 heterocycles. The third kappa shape index (κ3) is 5.49. The largest absolute Gasteiger partial charge is 0.399 e. The van der Waals surface area contributed by atoms with Gasteiger partial charge in [0.05, 0.1) is 12.3 Å². The van der Waals surface area contributed by atoms with Crippen LogP contribution >= 0.6 is 0 Å². The molecule has 10 nitrogen and oxygen atoms in total. The fraction of sp³-hybridized carbons (Fsp3) is 0.0500. The Labute approximate surface area is 184 Å². The average molecular weight is 479 g/mol. The topological polar surface area (TPSA) is 173 Å². The third-order valence-electron chi connectivity index (χ3n) is 4.38. The molecule has 3 aromatic rings. The first-order chi connectivity index (χ1) is 15.0. The third-order valence-corrected chi connectivity index (χ3v) is 6.17. The molecule has 0 aliphatic carbocycles. The van der Waals surface area contributed by atoms with Crippen molar-refractivity contribution in [3.63, 3.8) is 0 Å². The van der Waals surface area contributed by atoms with Crippen LogP contribution in [0.15, 0.2) is 70.5 Å². The zero-order valence-corrected chi connectivity index (χ0v) is 17.9. The molecule has 5 N–H and O–H groups in total. The molecule has 0 saturated carbocycles. The zero-order chi connectivity index (χ0) is 23.5. The second kappa shape index (κ2) is 9.06. The Morgan fingerprint density at radius 1 is 0.844 bits per heavy atom. The van der Waals surface area contributed by atoms with Crippen LogP contribution in [0.1, 0.15) is 15.9 Å². The van der Waals surface area contributed by atoms with E-state index < -0.39 is 30.0 Å². The summed E-state index contributed by atoms with van der Waals surface area (Å²) in [4.78, 5) is 14.8. The van der Waals surface area contributed by atoms with Gasteiger partial charge in [0.1, 0.15) is 16.1 Å². The number of rotatable bonds is 8. The molecule has 0 fully saturated rings. The van der Waals surface area contributed by atoms with Gasteiger partial charge < -0.3 is 5.73 Å². The van der Waals surface area contributed by atoms with Crippen LogP contribution in [0.3, 0.4) is 0 Å². The van der Waals surface area contributed by atoms with Crippen LogP contribution in [0, 0.1) is 0 Å². The predicted molar refractivity (Wildman–Crippen MR) is 116 cm³/mol. The van der Waals surface area contributed by atoms with Gasteiger partial charge >= 0.3 is 0 Å². The fourth-order valence-corrected chi connectivity index (χ4v) is 4.36. The van der Waals surface area contributed by atoms with Crippen molar-refractivity contribution in [3.8, 4) is 11.1 Å². The van der Waals surface area contributed by atoms with E-state index in [4.69, 9.17) is 10.6 Å². The summed E-state index contributed by atoms with van der Waals surface area (Å²) in [6.45, 7) is 0.0764. The first kappa shape index (κ1) is 23.4. The fourth-order valence-electron chi connectivity index (χ4n) is 2.89. The molecule has 3 aromatic carbocycles. The van der Waals surface area contributed by atoms with Gasteiger partial charge in [-0.05, 0) is 29.8 Å². The van der Waals surface area contributed by atoms with Gasteiger partial charge in [-0.25, -0.2) is 0 Å². The highest BCUT2D eigenvalue weighted by atomic mass is 32.2. The number of nitrogens with one attached hydrogen (secondary N) is 1. The van der Waals surface area contributed by atoms with Crippen molar-refractivity contribution >= 4 is 37.9 Å². The van der Waals surface area contributed by atoms with Crippen molar-refractivity contribution in [2.45, 2.75) is 16.4 Å². The molecule has 0 atom stereocenters. The minimum atomic E-state index is -4.80. The van der Waals surface area contributed by atoms with E-state index in [1.807, 2.05) is 0 Å². The summed E-state index contributed by atoms with van der Waals surface area (Å²) in [6.07, 6.45) is 0.704. The lowest BCUT2D eigenvalue weighted by Gasteiger charge is -2.14. The van der Waals surface area contributed by atoms with Gasteiger partial charge in [0.2, 0.25) is 0 Å². The summed E-state index contributed by atoms with van der Waals surface area (Å²) in [5, 5.41) is 0. The zero-order valence-electron chi connectivity index (χ0n) is 16.3. The minimum absolute atomic E-state index is 0.0302. The van der Waals surface area contributed by atoms with Gasteiger partial charge in [0, 0.05) is 22.4 Å². The van der Waals surface area contributed by atoms with Crippen molar-refractivity contribution in [1.82, 2.24) is 0 Å². The second-order valence-corrected chi connectivity index (χ2v) is 9.45. The Morgan fingerprint density at radius 3 is 1.97 bits per heavy atom. The number of benzene rings is 3. The predicted octanol–water partition coefficient (Wildman–Crippen LogP) is 2.79. The maximum Gasteiger partial charge on any atom is 0.295 e. The lowest BCUT2D eigenvalue weighted by atomic mass is 10.0. The molecule has 12 heteroatoms. The molecule has 32 heavy (non-hydrogen) atoms. The Bertz CT molecular complexity index is 1370. The van der Waals surface area contributed by atoms with Gasteiger partial charge in [0.15, 0.2) is 0 Å². The average Bonchev–Trinajstić information content (AvgIpc) is 2.73. The van der Waals surface area contributed by atoms with Crippen LogP contribution in [-0.2, 0) is 31.7 Å². The maximum atomic E-state index is 12.0. The standard InChI is InChI=1S/C20H18N2O8S2/c21-15-5-7-17(19(9-15)31(24,25)26)18-8-6-16(10-20(18)32(27,28)29)22-30-12-14-3-1-13(11-23)2-4-14/h1-11,22H,12,21H2,(H,24,25,26)(H,27,28,29). The number of carbonyl (C=O) groups is 1. The van der Waals surface area contributed by atoms with Crippen molar-refractivity contribution in [1.29, 1.82) is 0 Å².